The highest BCUT2D eigenvalue weighted by atomic mass is 32.2. The Hall–Kier alpha value is -1.33. The van der Waals surface area contributed by atoms with Gasteiger partial charge in [0.2, 0.25) is 0 Å². The van der Waals surface area contributed by atoms with Crippen molar-refractivity contribution in [2.75, 3.05) is 13.4 Å². The first-order chi connectivity index (χ1) is 8.08. The summed E-state index contributed by atoms with van der Waals surface area (Å²) < 4.78 is 4.47. The quantitative estimate of drug-likeness (QED) is 0.489. The fraction of sp³-hybridized carbons (Fsp3) is 0.333. The van der Waals surface area contributed by atoms with Gasteiger partial charge in [0.1, 0.15) is 6.04 Å². The lowest BCUT2D eigenvalue weighted by molar-refractivity contribution is -0.142. The topological polar surface area (TPSA) is 69.4 Å². The lowest BCUT2D eigenvalue weighted by Gasteiger charge is -2.08. The second-order valence-electron chi connectivity index (χ2n) is 3.49. The molecule has 0 saturated heterocycles. The Morgan fingerprint density at radius 2 is 1.94 bits per heavy atom. The number of carbonyl (C=O) groups excluding carboxylic acids is 2. The van der Waals surface area contributed by atoms with Crippen molar-refractivity contribution in [2.24, 2.45) is 5.73 Å². The molecule has 1 aromatic rings. The second-order valence-corrected chi connectivity index (χ2v) is 4.37. The summed E-state index contributed by atoms with van der Waals surface area (Å²) in [6, 6.07) is 6.30. The number of nitrogens with two attached hydrogens (primary N) is 1. The minimum Gasteiger partial charge on any atom is -0.468 e. The van der Waals surface area contributed by atoms with Crippen LogP contribution in [0.3, 0.4) is 0 Å². The zero-order chi connectivity index (χ0) is 12.8. The highest BCUT2D eigenvalue weighted by Crippen LogP contribution is 2.16. The SMILES string of the molecule is COC(=O)C(N)CC(=O)c1ccc(SC)cc1. The highest BCUT2D eigenvalue weighted by Gasteiger charge is 2.18. The summed E-state index contributed by atoms with van der Waals surface area (Å²) in [5, 5.41) is 0. The maximum atomic E-state index is 11.8. The van der Waals surface area contributed by atoms with E-state index < -0.39 is 12.0 Å². The van der Waals surface area contributed by atoms with Crippen LogP contribution in [-0.2, 0) is 9.53 Å². The molecule has 1 aromatic carbocycles. The van der Waals surface area contributed by atoms with Gasteiger partial charge in [0.15, 0.2) is 5.78 Å². The van der Waals surface area contributed by atoms with Crippen molar-refractivity contribution < 1.29 is 14.3 Å². The van der Waals surface area contributed by atoms with Gasteiger partial charge in [-0.3, -0.25) is 9.59 Å². The molecule has 0 heterocycles. The summed E-state index contributed by atoms with van der Waals surface area (Å²) in [5.74, 6) is -0.727. The van der Waals surface area contributed by atoms with Crippen LogP contribution in [-0.4, -0.2) is 31.2 Å². The molecule has 0 spiro atoms. The zero-order valence-corrected chi connectivity index (χ0v) is 10.6. The number of ketones is 1. The molecule has 1 unspecified atom stereocenters. The number of rotatable bonds is 5. The summed E-state index contributed by atoms with van der Waals surface area (Å²) in [7, 11) is 1.25. The van der Waals surface area contributed by atoms with Gasteiger partial charge in [-0.15, -0.1) is 11.8 Å². The van der Waals surface area contributed by atoms with Crippen LogP contribution in [0.15, 0.2) is 29.2 Å². The summed E-state index contributed by atoms with van der Waals surface area (Å²) in [6.45, 7) is 0. The van der Waals surface area contributed by atoms with Crippen molar-refractivity contribution in [3.8, 4) is 0 Å². The van der Waals surface area contributed by atoms with Gasteiger partial charge in [0.25, 0.3) is 0 Å². The van der Waals surface area contributed by atoms with E-state index >= 15 is 0 Å². The van der Waals surface area contributed by atoms with Crippen LogP contribution >= 0.6 is 11.8 Å². The Morgan fingerprint density at radius 1 is 1.35 bits per heavy atom. The number of methoxy groups -OCH3 is 1. The van der Waals surface area contributed by atoms with E-state index in [1.165, 1.54) is 7.11 Å². The largest absolute Gasteiger partial charge is 0.468 e. The summed E-state index contributed by atoms with van der Waals surface area (Å²) in [6.07, 6.45) is 1.93. The Kier molecular flexibility index (Phi) is 5.18. The third-order valence-corrected chi connectivity index (χ3v) is 3.06. The summed E-state index contributed by atoms with van der Waals surface area (Å²) in [5.41, 5.74) is 6.08. The average Bonchev–Trinajstić information content (AvgIpc) is 2.37. The van der Waals surface area contributed by atoms with Gasteiger partial charge in [0.05, 0.1) is 7.11 Å². The molecule has 4 nitrogen and oxygen atoms in total. The fourth-order valence-corrected chi connectivity index (χ4v) is 1.74. The molecule has 2 N–H and O–H groups in total. The van der Waals surface area contributed by atoms with E-state index in [1.54, 1.807) is 23.9 Å². The Morgan fingerprint density at radius 3 is 2.41 bits per heavy atom. The van der Waals surface area contributed by atoms with Gasteiger partial charge < -0.3 is 10.5 Å². The second kappa shape index (κ2) is 6.42. The first-order valence-electron chi connectivity index (χ1n) is 5.09. The Labute approximate surface area is 105 Å². The van der Waals surface area contributed by atoms with E-state index in [0.717, 1.165) is 4.90 Å². The molecule has 0 saturated carbocycles. The van der Waals surface area contributed by atoms with E-state index in [0.29, 0.717) is 5.56 Å². The Balaban J connectivity index is 2.66. The van der Waals surface area contributed by atoms with Crippen molar-refractivity contribution in [3.63, 3.8) is 0 Å². The van der Waals surface area contributed by atoms with Crippen molar-refractivity contribution in [2.45, 2.75) is 17.4 Å². The predicted octanol–water partition coefficient (Wildman–Crippen LogP) is 1.48. The number of ether oxygens (including phenoxy) is 1. The fourth-order valence-electron chi connectivity index (χ4n) is 1.33. The molecule has 0 aliphatic heterocycles. The molecule has 0 aromatic heterocycles. The van der Waals surface area contributed by atoms with Crippen LogP contribution in [0.4, 0.5) is 0 Å². The predicted molar refractivity (Wildman–Crippen MR) is 67.2 cm³/mol. The minimum absolute atomic E-state index is 0.0364. The molecule has 1 atom stereocenters. The molecule has 0 amide bonds. The number of hydrogen-bond donors (Lipinski definition) is 1. The minimum atomic E-state index is -0.896. The number of benzene rings is 1. The highest BCUT2D eigenvalue weighted by molar-refractivity contribution is 7.98. The van der Waals surface area contributed by atoms with Gasteiger partial charge >= 0.3 is 5.97 Å². The first-order valence-corrected chi connectivity index (χ1v) is 6.31. The van der Waals surface area contributed by atoms with Gasteiger partial charge in [-0.25, -0.2) is 0 Å². The normalized spacial score (nSPS) is 11.9. The molecule has 0 radical (unpaired) electrons. The van der Waals surface area contributed by atoms with Crippen molar-refractivity contribution in [3.05, 3.63) is 29.8 Å². The van der Waals surface area contributed by atoms with E-state index in [-0.39, 0.29) is 12.2 Å². The van der Waals surface area contributed by atoms with Crippen LogP contribution in [0.1, 0.15) is 16.8 Å². The third kappa shape index (κ3) is 3.87. The lowest BCUT2D eigenvalue weighted by atomic mass is 10.0. The molecular formula is C12H15NO3S. The Bertz CT molecular complexity index is 403. The van der Waals surface area contributed by atoms with Crippen LogP contribution in [0, 0.1) is 0 Å². The molecule has 1 rings (SSSR count). The van der Waals surface area contributed by atoms with E-state index in [1.807, 2.05) is 18.4 Å². The molecular weight excluding hydrogens is 238 g/mol. The maximum Gasteiger partial charge on any atom is 0.323 e. The van der Waals surface area contributed by atoms with Gasteiger partial charge in [-0.05, 0) is 18.4 Å². The molecule has 92 valence electrons. The summed E-state index contributed by atoms with van der Waals surface area (Å²) >= 11 is 1.60. The monoisotopic (exact) mass is 253 g/mol. The van der Waals surface area contributed by atoms with E-state index in [2.05, 4.69) is 4.74 Å². The van der Waals surface area contributed by atoms with Crippen LogP contribution < -0.4 is 5.73 Å². The molecule has 5 heteroatoms. The van der Waals surface area contributed by atoms with Crippen LogP contribution in [0.2, 0.25) is 0 Å². The lowest BCUT2D eigenvalue weighted by Crippen LogP contribution is -2.33. The maximum absolute atomic E-state index is 11.8. The van der Waals surface area contributed by atoms with Crippen LogP contribution in [0.25, 0.3) is 0 Å². The molecule has 0 bridgehead atoms. The molecule has 0 aliphatic rings. The zero-order valence-electron chi connectivity index (χ0n) is 9.80. The van der Waals surface area contributed by atoms with Gasteiger partial charge in [0, 0.05) is 16.9 Å². The number of esters is 1. The van der Waals surface area contributed by atoms with E-state index in [4.69, 9.17) is 5.73 Å². The van der Waals surface area contributed by atoms with E-state index in [9.17, 15) is 9.59 Å². The first kappa shape index (κ1) is 13.7. The molecule has 0 aliphatic carbocycles. The number of Topliss-reactive ketones (excluding diaryl/α,β-unsaturated/α-hetero) is 1. The smallest absolute Gasteiger partial charge is 0.323 e. The van der Waals surface area contributed by atoms with Crippen molar-refractivity contribution in [1.82, 2.24) is 0 Å². The standard InChI is InChI=1S/C12H15NO3S/c1-16-12(15)10(13)7-11(14)8-3-5-9(17-2)6-4-8/h3-6,10H,7,13H2,1-2H3. The molecule has 0 fully saturated rings. The van der Waals surface area contributed by atoms with Crippen LogP contribution in [0.5, 0.6) is 0 Å². The number of hydrogen-bond acceptors (Lipinski definition) is 5. The van der Waals surface area contributed by atoms with Gasteiger partial charge in [-0.2, -0.15) is 0 Å². The number of carbonyl (C=O) groups is 2. The number of thioether (sulfide) groups is 1. The van der Waals surface area contributed by atoms with Crippen molar-refractivity contribution in [1.29, 1.82) is 0 Å². The molecule has 17 heavy (non-hydrogen) atoms. The third-order valence-electron chi connectivity index (χ3n) is 2.32. The average molecular weight is 253 g/mol. The van der Waals surface area contributed by atoms with Crippen molar-refractivity contribution >= 4 is 23.5 Å². The summed E-state index contributed by atoms with van der Waals surface area (Å²) in [4.78, 5) is 23.9. The van der Waals surface area contributed by atoms with Gasteiger partial charge in [-0.1, -0.05) is 12.1 Å².